The Balaban J connectivity index is 1.27. The Morgan fingerprint density at radius 3 is 1.54 bits per heavy atom. The van der Waals surface area contributed by atoms with Gasteiger partial charge in [-0.05, 0) is 92.3 Å². The second-order valence-electron chi connectivity index (χ2n) is 12.5. The van der Waals surface area contributed by atoms with Gasteiger partial charge in [0, 0.05) is 28.5 Å². The Morgan fingerprint density at radius 1 is 0.300 bits per heavy atom. The van der Waals surface area contributed by atoms with Gasteiger partial charge in [0.05, 0.1) is 17.1 Å². The molecule has 0 atom stereocenters. The summed E-state index contributed by atoms with van der Waals surface area (Å²) >= 11 is 0. The van der Waals surface area contributed by atoms with Gasteiger partial charge in [0.1, 0.15) is 0 Å². The summed E-state index contributed by atoms with van der Waals surface area (Å²) in [6.07, 6.45) is 1.83. The highest BCUT2D eigenvalue weighted by Gasteiger charge is 2.15. The Labute approximate surface area is 291 Å². The quantitative estimate of drug-likeness (QED) is 0.170. The van der Waals surface area contributed by atoms with Crippen LogP contribution in [0.4, 0.5) is 0 Å². The van der Waals surface area contributed by atoms with Crippen molar-refractivity contribution in [1.29, 1.82) is 0 Å². The van der Waals surface area contributed by atoms with Gasteiger partial charge in [0.25, 0.3) is 0 Å². The fraction of sp³-hybridized carbons (Fsp3) is 0. The lowest BCUT2D eigenvalue weighted by molar-refractivity contribution is 1.18. The third kappa shape index (κ3) is 5.72. The molecular formula is C47H31N3. The average molecular weight is 638 g/mol. The molecule has 0 aliphatic heterocycles. The van der Waals surface area contributed by atoms with Crippen molar-refractivity contribution < 1.29 is 0 Å². The lowest BCUT2D eigenvalue weighted by Crippen LogP contribution is -1.97. The van der Waals surface area contributed by atoms with E-state index < -0.39 is 0 Å². The molecule has 3 nitrogen and oxygen atoms in total. The van der Waals surface area contributed by atoms with Gasteiger partial charge in [-0.1, -0.05) is 133 Å². The molecule has 2 heterocycles. The molecule has 50 heavy (non-hydrogen) atoms. The van der Waals surface area contributed by atoms with Crippen LogP contribution >= 0.6 is 0 Å². The summed E-state index contributed by atoms with van der Waals surface area (Å²) in [5.41, 5.74) is 11.4. The van der Waals surface area contributed by atoms with Crippen LogP contribution in [-0.4, -0.2) is 15.0 Å². The van der Waals surface area contributed by atoms with E-state index in [4.69, 9.17) is 9.97 Å². The summed E-state index contributed by atoms with van der Waals surface area (Å²) in [7, 11) is 0. The normalized spacial score (nSPS) is 11.2. The zero-order valence-corrected chi connectivity index (χ0v) is 27.2. The molecule has 0 radical (unpaired) electrons. The molecule has 0 bridgehead atoms. The molecule has 0 aliphatic rings. The molecule has 0 aliphatic carbocycles. The highest BCUT2D eigenvalue weighted by Crippen LogP contribution is 2.38. The molecule has 0 fully saturated rings. The van der Waals surface area contributed by atoms with Crippen molar-refractivity contribution in [3.63, 3.8) is 0 Å². The van der Waals surface area contributed by atoms with Crippen LogP contribution in [0.2, 0.25) is 0 Å². The van der Waals surface area contributed by atoms with Gasteiger partial charge < -0.3 is 0 Å². The van der Waals surface area contributed by atoms with Crippen LogP contribution in [0.1, 0.15) is 0 Å². The first-order valence-corrected chi connectivity index (χ1v) is 16.8. The van der Waals surface area contributed by atoms with E-state index >= 15 is 0 Å². The fourth-order valence-corrected chi connectivity index (χ4v) is 6.75. The maximum Gasteiger partial charge on any atom is 0.160 e. The first kappa shape index (κ1) is 29.4. The number of rotatable bonds is 6. The third-order valence-corrected chi connectivity index (χ3v) is 9.29. The second kappa shape index (κ2) is 12.7. The lowest BCUT2D eigenvalue weighted by Gasteiger charge is -2.15. The molecule has 9 rings (SSSR count). The standard InChI is InChI=1S/C47H31N3/c1-3-12-33(13-4-1)45-31-46(34-14-5-2-6-15-34)50-47(49-45)41-28-39(32-21-23-35(24-22-32)44-20-9-10-25-48-44)27-40(29-41)42-19-11-18-38-26-36-16-7-8-17-37(36)30-43(38)42/h1-31H. The van der Waals surface area contributed by atoms with Gasteiger partial charge in [-0.3, -0.25) is 4.98 Å². The number of benzene rings is 7. The topological polar surface area (TPSA) is 38.7 Å². The average Bonchev–Trinajstić information content (AvgIpc) is 3.20. The highest BCUT2D eigenvalue weighted by molar-refractivity contribution is 6.05. The van der Waals surface area contributed by atoms with Gasteiger partial charge in [-0.25, -0.2) is 9.97 Å². The third-order valence-electron chi connectivity index (χ3n) is 9.29. The van der Waals surface area contributed by atoms with Crippen LogP contribution in [0.5, 0.6) is 0 Å². The SMILES string of the molecule is c1ccc(-c2cc(-c3ccccc3)nc(-c3cc(-c4ccc(-c5ccccn5)cc4)cc(-c4cccc5cc6ccccc6cc45)c3)n2)cc1. The predicted octanol–water partition coefficient (Wildman–Crippen LogP) is 12.2. The molecule has 0 saturated heterocycles. The van der Waals surface area contributed by atoms with Crippen molar-refractivity contribution in [2.24, 2.45) is 0 Å². The zero-order chi connectivity index (χ0) is 33.3. The summed E-state index contributed by atoms with van der Waals surface area (Å²) in [6, 6.07) is 63.9. The predicted molar refractivity (Wildman–Crippen MR) is 207 cm³/mol. The summed E-state index contributed by atoms with van der Waals surface area (Å²) in [4.78, 5) is 15.0. The fourth-order valence-electron chi connectivity index (χ4n) is 6.75. The minimum Gasteiger partial charge on any atom is -0.256 e. The number of hydrogen-bond acceptors (Lipinski definition) is 3. The minimum absolute atomic E-state index is 0.684. The van der Waals surface area contributed by atoms with Crippen LogP contribution in [0, 0.1) is 0 Å². The van der Waals surface area contributed by atoms with Crippen LogP contribution in [0.3, 0.4) is 0 Å². The summed E-state index contributed by atoms with van der Waals surface area (Å²) in [6.45, 7) is 0. The maximum absolute atomic E-state index is 5.21. The number of aromatic nitrogens is 3. The van der Waals surface area contributed by atoms with Crippen molar-refractivity contribution >= 4 is 21.5 Å². The van der Waals surface area contributed by atoms with Gasteiger partial charge in [-0.15, -0.1) is 0 Å². The Kier molecular flexibility index (Phi) is 7.49. The van der Waals surface area contributed by atoms with Crippen LogP contribution in [0.15, 0.2) is 188 Å². The maximum atomic E-state index is 5.21. The molecular weight excluding hydrogens is 607 g/mol. The molecule has 234 valence electrons. The van der Waals surface area contributed by atoms with Crippen LogP contribution in [-0.2, 0) is 0 Å². The van der Waals surface area contributed by atoms with E-state index in [9.17, 15) is 0 Å². The number of fused-ring (bicyclic) bond motifs is 2. The van der Waals surface area contributed by atoms with E-state index in [0.717, 1.165) is 56.0 Å². The number of pyridine rings is 1. The van der Waals surface area contributed by atoms with E-state index in [2.05, 4.69) is 157 Å². The molecule has 0 unspecified atom stereocenters. The van der Waals surface area contributed by atoms with Crippen molar-refractivity contribution in [1.82, 2.24) is 15.0 Å². The molecule has 9 aromatic rings. The van der Waals surface area contributed by atoms with Gasteiger partial charge in [-0.2, -0.15) is 0 Å². The smallest absolute Gasteiger partial charge is 0.160 e. The van der Waals surface area contributed by atoms with Crippen molar-refractivity contribution in [3.8, 4) is 67.4 Å². The number of nitrogens with zero attached hydrogens (tertiary/aromatic N) is 3. The summed E-state index contributed by atoms with van der Waals surface area (Å²) in [5.74, 6) is 0.684. The first-order chi connectivity index (χ1) is 24.7. The van der Waals surface area contributed by atoms with Crippen LogP contribution < -0.4 is 0 Å². The Bertz CT molecular complexity index is 2560. The van der Waals surface area contributed by atoms with Crippen molar-refractivity contribution in [3.05, 3.63) is 188 Å². The van der Waals surface area contributed by atoms with E-state index in [1.165, 1.54) is 27.1 Å². The van der Waals surface area contributed by atoms with Gasteiger partial charge >= 0.3 is 0 Å². The summed E-state index contributed by atoms with van der Waals surface area (Å²) in [5, 5.41) is 4.88. The van der Waals surface area contributed by atoms with Gasteiger partial charge in [0.2, 0.25) is 0 Å². The largest absolute Gasteiger partial charge is 0.256 e. The molecule has 0 spiro atoms. The molecule has 2 aromatic heterocycles. The zero-order valence-electron chi connectivity index (χ0n) is 27.2. The van der Waals surface area contributed by atoms with Crippen molar-refractivity contribution in [2.45, 2.75) is 0 Å². The molecule has 7 aromatic carbocycles. The second-order valence-corrected chi connectivity index (χ2v) is 12.5. The van der Waals surface area contributed by atoms with E-state index in [1.54, 1.807) is 0 Å². The molecule has 0 amide bonds. The molecule has 0 saturated carbocycles. The Morgan fingerprint density at radius 2 is 0.860 bits per heavy atom. The monoisotopic (exact) mass is 637 g/mol. The van der Waals surface area contributed by atoms with Gasteiger partial charge in [0.15, 0.2) is 5.82 Å². The lowest BCUT2D eigenvalue weighted by atomic mass is 9.91. The summed E-state index contributed by atoms with van der Waals surface area (Å²) < 4.78 is 0. The first-order valence-electron chi connectivity index (χ1n) is 16.8. The van der Waals surface area contributed by atoms with Crippen molar-refractivity contribution in [2.75, 3.05) is 0 Å². The molecule has 0 N–H and O–H groups in total. The minimum atomic E-state index is 0.684. The van der Waals surface area contributed by atoms with E-state index in [-0.39, 0.29) is 0 Å². The molecule has 3 heteroatoms. The van der Waals surface area contributed by atoms with E-state index in [1.807, 2.05) is 36.5 Å². The Hall–Kier alpha value is -6.71. The van der Waals surface area contributed by atoms with E-state index in [0.29, 0.717) is 5.82 Å². The highest BCUT2D eigenvalue weighted by atomic mass is 14.9. The van der Waals surface area contributed by atoms with Crippen LogP contribution in [0.25, 0.3) is 89.0 Å². The number of hydrogen-bond donors (Lipinski definition) is 0.